The Morgan fingerprint density at radius 3 is 1.18 bits per heavy atom. The molecule has 2 aliphatic rings. The van der Waals surface area contributed by atoms with Gasteiger partial charge in [0.05, 0.1) is 60.3 Å². The summed E-state index contributed by atoms with van der Waals surface area (Å²) < 4.78 is 34.9. The van der Waals surface area contributed by atoms with Crippen molar-refractivity contribution in [2.45, 2.75) is 89.6 Å². The lowest BCUT2D eigenvalue weighted by atomic mass is 10.1. The standard InChI is InChI=1S/C44H50N4O8/c1-3-5-7-9-27-51-37-23-19-35(20-24-37)47-45-33-15-11-31(12-16-33)43(49)55-39-29-53-42-40(30-54-41(39)42)56-44(50)32-13-17-34(18-14-32)46-48-36-21-25-38(26-22-36)52-28-10-8-6-4-2/h11-26,39-42H,3-10,27-30H2,1-2H3/t39-,40+,41?,42?. The minimum Gasteiger partial charge on any atom is -0.494 e. The Labute approximate surface area is 328 Å². The number of fused-ring (bicyclic) bond motifs is 1. The summed E-state index contributed by atoms with van der Waals surface area (Å²) in [5.74, 6) is 0.573. The predicted molar refractivity (Wildman–Crippen MR) is 211 cm³/mol. The second kappa shape index (κ2) is 21.0. The number of esters is 2. The van der Waals surface area contributed by atoms with Crippen molar-refractivity contribution in [3.05, 3.63) is 108 Å². The molecule has 4 atom stereocenters. The second-order valence-corrected chi connectivity index (χ2v) is 13.8. The molecule has 4 aromatic rings. The van der Waals surface area contributed by atoms with Gasteiger partial charge in [0.15, 0.2) is 12.2 Å². The number of hydrogen-bond acceptors (Lipinski definition) is 12. The van der Waals surface area contributed by atoms with E-state index in [1.807, 2.05) is 48.5 Å². The number of nitrogens with zero attached hydrogens (tertiary/aromatic N) is 4. The van der Waals surface area contributed by atoms with Crippen LogP contribution in [-0.4, -0.2) is 62.8 Å². The first-order valence-electron chi connectivity index (χ1n) is 19.6. The van der Waals surface area contributed by atoms with Crippen LogP contribution in [0, 0.1) is 0 Å². The maximum Gasteiger partial charge on any atom is 0.338 e. The summed E-state index contributed by atoms with van der Waals surface area (Å²) in [7, 11) is 0. The summed E-state index contributed by atoms with van der Waals surface area (Å²) in [6.45, 7) is 6.03. The average molecular weight is 763 g/mol. The highest BCUT2D eigenvalue weighted by atomic mass is 16.7. The number of carbonyl (C=O) groups excluding carboxylic acids is 2. The Balaban J connectivity index is 0.920. The summed E-state index contributed by atoms with van der Waals surface area (Å²) >= 11 is 0. The molecule has 0 aliphatic carbocycles. The van der Waals surface area contributed by atoms with E-state index in [0.29, 0.717) is 47.1 Å². The van der Waals surface area contributed by atoms with Gasteiger partial charge in [-0.25, -0.2) is 9.59 Å². The lowest BCUT2D eigenvalue weighted by molar-refractivity contribution is -0.0287. The Hall–Kier alpha value is -5.46. The van der Waals surface area contributed by atoms with Crippen LogP contribution in [0.25, 0.3) is 0 Å². The van der Waals surface area contributed by atoms with Crippen molar-refractivity contribution >= 4 is 34.7 Å². The van der Waals surface area contributed by atoms with Gasteiger partial charge in [-0.05, 0) is 110 Å². The van der Waals surface area contributed by atoms with E-state index in [4.69, 9.17) is 28.4 Å². The molecule has 6 rings (SSSR count). The van der Waals surface area contributed by atoms with Crippen LogP contribution in [0.1, 0.15) is 85.9 Å². The van der Waals surface area contributed by atoms with Gasteiger partial charge in [0.25, 0.3) is 0 Å². The molecule has 56 heavy (non-hydrogen) atoms. The van der Waals surface area contributed by atoms with Crippen LogP contribution < -0.4 is 9.47 Å². The third-order valence-electron chi connectivity index (χ3n) is 9.45. The van der Waals surface area contributed by atoms with E-state index in [9.17, 15) is 9.59 Å². The number of hydrogen-bond donors (Lipinski definition) is 0. The zero-order valence-electron chi connectivity index (χ0n) is 32.1. The lowest BCUT2D eigenvalue weighted by Gasteiger charge is -2.17. The van der Waals surface area contributed by atoms with E-state index in [2.05, 4.69) is 34.3 Å². The number of unbranched alkanes of at least 4 members (excludes halogenated alkanes) is 6. The topological polar surface area (TPSA) is 139 Å². The van der Waals surface area contributed by atoms with Crippen LogP contribution in [-0.2, 0) is 18.9 Å². The molecule has 4 aromatic carbocycles. The highest BCUT2D eigenvalue weighted by Gasteiger charge is 2.51. The van der Waals surface area contributed by atoms with E-state index in [1.54, 1.807) is 48.5 Å². The average Bonchev–Trinajstić information content (AvgIpc) is 3.83. The fraction of sp³-hybridized carbons (Fsp3) is 0.409. The Bertz CT molecular complexity index is 1740. The first-order valence-corrected chi connectivity index (χ1v) is 19.6. The Morgan fingerprint density at radius 2 is 0.839 bits per heavy atom. The second-order valence-electron chi connectivity index (χ2n) is 13.8. The van der Waals surface area contributed by atoms with Crippen LogP contribution in [0.3, 0.4) is 0 Å². The van der Waals surface area contributed by atoms with E-state index >= 15 is 0 Å². The van der Waals surface area contributed by atoms with Crippen molar-refractivity contribution in [1.82, 2.24) is 0 Å². The summed E-state index contributed by atoms with van der Waals surface area (Å²) in [4.78, 5) is 26.0. The molecule has 2 heterocycles. The highest BCUT2D eigenvalue weighted by molar-refractivity contribution is 5.90. The molecule has 294 valence electrons. The van der Waals surface area contributed by atoms with Gasteiger partial charge in [0.2, 0.25) is 0 Å². The minimum absolute atomic E-state index is 0.124. The van der Waals surface area contributed by atoms with Crippen molar-refractivity contribution < 1.29 is 38.0 Å². The quantitative estimate of drug-likeness (QED) is 0.0492. The molecule has 0 bridgehead atoms. The fourth-order valence-electron chi connectivity index (χ4n) is 6.26. The molecular weight excluding hydrogens is 713 g/mol. The fourth-order valence-corrected chi connectivity index (χ4v) is 6.26. The third-order valence-corrected chi connectivity index (χ3v) is 9.45. The van der Waals surface area contributed by atoms with Crippen LogP contribution in [0.4, 0.5) is 22.7 Å². The number of azo groups is 2. The number of rotatable bonds is 20. The molecule has 2 saturated heterocycles. The third kappa shape index (κ3) is 11.8. The molecule has 0 aromatic heterocycles. The minimum atomic E-state index is -0.650. The van der Waals surface area contributed by atoms with Gasteiger partial charge >= 0.3 is 11.9 Å². The van der Waals surface area contributed by atoms with Crippen molar-refractivity contribution in [2.75, 3.05) is 26.4 Å². The molecule has 0 radical (unpaired) electrons. The van der Waals surface area contributed by atoms with Crippen molar-refractivity contribution in [2.24, 2.45) is 20.5 Å². The first-order chi connectivity index (χ1) is 27.5. The summed E-state index contributed by atoms with van der Waals surface area (Å²) in [5, 5.41) is 17.1. The number of benzene rings is 4. The summed E-state index contributed by atoms with van der Waals surface area (Å²) in [5.41, 5.74) is 3.27. The van der Waals surface area contributed by atoms with Crippen molar-refractivity contribution in [3.8, 4) is 11.5 Å². The molecular formula is C44H50N4O8. The van der Waals surface area contributed by atoms with Gasteiger partial charge in [-0.3, -0.25) is 0 Å². The molecule has 12 nitrogen and oxygen atoms in total. The largest absolute Gasteiger partial charge is 0.494 e. The monoisotopic (exact) mass is 762 g/mol. The van der Waals surface area contributed by atoms with Gasteiger partial charge in [-0.15, -0.1) is 0 Å². The number of carbonyl (C=O) groups is 2. The summed E-state index contributed by atoms with van der Waals surface area (Å²) in [6.07, 6.45) is 6.84. The molecule has 2 fully saturated rings. The lowest BCUT2D eigenvalue weighted by Crippen LogP contribution is -2.36. The van der Waals surface area contributed by atoms with Crippen LogP contribution >= 0.6 is 0 Å². The van der Waals surface area contributed by atoms with Gasteiger partial charge in [-0.1, -0.05) is 52.4 Å². The SMILES string of the molecule is CCCCCCOc1ccc(N=Nc2ccc(C(=O)O[C@H]3COC4C3OC[C@H]4OC(=O)c3ccc(N=Nc4ccc(OCCCCCC)cc4)cc3)cc2)cc1. The van der Waals surface area contributed by atoms with Crippen LogP contribution in [0.15, 0.2) is 118 Å². The maximum absolute atomic E-state index is 13.0. The van der Waals surface area contributed by atoms with Gasteiger partial charge in [0, 0.05) is 0 Å². The maximum atomic E-state index is 13.0. The number of ether oxygens (including phenoxy) is 6. The molecule has 2 unspecified atom stereocenters. The van der Waals surface area contributed by atoms with Gasteiger partial charge in [-0.2, -0.15) is 20.5 Å². The predicted octanol–water partition coefficient (Wildman–Crippen LogP) is 11.0. The van der Waals surface area contributed by atoms with Crippen LogP contribution in [0.5, 0.6) is 11.5 Å². The molecule has 2 aliphatic heterocycles. The Morgan fingerprint density at radius 1 is 0.500 bits per heavy atom. The molecule has 0 N–H and O–H groups in total. The molecule has 0 spiro atoms. The smallest absolute Gasteiger partial charge is 0.338 e. The van der Waals surface area contributed by atoms with E-state index in [1.165, 1.54) is 38.5 Å². The highest BCUT2D eigenvalue weighted by Crippen LogP contribution is 2.32. The van der Waals surface area contributed by atoms with Crippen molar-refractivity contribution in [1.29, 1.82) is 0 Å². The van der Waals surface area contributed by atoms with Crippen LogP contribution in [0.2, 0.25) is 0 Å². The molecule has 0 saturated carbocycles. The molecule has 0 amide bonds. The van der Waals surface area contributed by atoms with Gasteiger partial charge < -0.3 is 28.4 Å². The summed E-state index contributed by atoms with van der Waals surface area (Å²) in [6, 6.07) is 28.3. The van der Waals surface area contributed by atoms with Crippen molar-refractivity contribution in [3.63, 3.8) is 0 Å². The van der Waals surface area contributed by atoms with E-state index in [0.717, 1.165) is 24.3 Å². The zero-order chi connectivity index (χ0) is 39.0. The van der Waals surface area contributed by atoms with E-state index in [-0.39, 0.29) is 13.2 Å². The Kier molecular flexibility index (Phi) is 15.1. The normalized spacial score (nSPS) is 19.0. The van der Waals surface area contributed by atoms with E-state index < -0.39 is 36.4 Å². The zero-order valence-corrected chi connectivity index (χ0v) is 32.1. The molecule has 12 heteroatoms. The first kappa shape index (κ1) is 40.2. The van der Waals surface area contributed by atoms with Gasteiger partial charge in [0.1, 0.15) is 23.7 Å².